The zero-order valence-electron chi connectivity index (χ0n) is 20.1. The molecule has 10 heteroatoms. The zero-order chi connectivity index (χ0) is 25.8. The Bertz CT molecular complexity index is 1410. The summed E-state index contributed by atoms with van der Waals surface area (Å²) in [5, 5.41) is 4.08. The number of likely N-dealkylation sites (tertiary alicyclic amines) is 1. The number of carbonyl (C=O) groups excluding carboxylic acids is 2. The van der Waals surface area contributed by atoms with Crippen LogP contribution in [0.2, 0.25) is 0 Å². The monoisotopic (exact) mass is 494 g/mol. The van der Waals surface area contributed by atoms with Gasteiger partial charge in [-0.1, -0.05) is 35.9 Å². The van der Waals surface area contributed by atoms with Gasteiger partial charge in [0.25, 0.3) is 11.5 Å². The van der Waals surface area contributed by atoms with Gasteiger partial charge in [-0.3, -0.25) is 19.0 Å². The third kappa shape index (κ3) is 5.27. The van der Waals surface area contributed by atoms with Gasteiger partial charge in [-0.15, -0.1) is 0 Å². The molecule has 1 saturated heterocycles. The second-order valence-corrected chi connectivity index (χ2v) is 8.75. The highest BCUT2D eigenvalue weighted by Crippen LogP contribution is 2.19. The fourth-order valence-electron chi connectivity index (χ4n) is 4.32. The number of nitrogens with zero attached hydrogens (tertiary/aromatic N) is 4. The van der Waals surface area contributed by atoms with Crippen LogP contribution in [0.25, 0.3) is 5.69 Å². The van der Waals surface area contributed by atoms with Gasteiger partial charge in [-0.05, 0) is 50.5 Å². The van der Waals surface area contributed by atoms with Crippen molar-refractivity contribution in [3.05, 3.63) is 92.0 Å². The number of rotatable bonds is 6. The molecule has 188 valence electrons. The van der Waals surface area contributed by atoms with Crippen LogP contribution < -0.4 is 11.2 Å². The number of hydrogen-bond donors (Lipinski definition) is 0. The summed E-state index contributed by atoms with van der Waals surface area (Å²) in [7, 11) is 0. The summed E-state index contributed by atoms with van der Waals surface area (Å²) in [6, 6.07) is 12.5. The Morgan fingerprint density at radius 3 is 2.64 bits per heavy atom. The van der Waals surface area contributed by atoms with Gasteiger partial charge in [0.15, 0.2) is 0 Å². The van der Waals surface area contributed by atoms with Crippen molar-refractivity contribution in [2.45, 2.75) is 33.2 Å². The molecule has 0 radical (unpaired) electrons. The molecule has 1 fully saturated rings. The number of carbonyl (C=O) groups is 2. The van der Waals surface area contributed by atoms with Crippen molar-refractivity contribution >= 4 is 11.9 Å². The van der Waals surface area contributed by atoms with Crippen LogP contribution in [0.4, 0.5) is 4.39 Å². The Morgan fingerprint density at radius 1 is 1.14 bits per heavy atom. The van der Waals surface area contributed by atoms with Crippen LogP contribution in [0.15, 0.2) is 58.1 Å². The summed E-state index contributed by atoms with van der Waals surface area (Å²) in [6.45, 7) is 4.13. The number of aromatic nitrogens is 3. The van der Waals surface area contributed by atoms with Gasteiger partial charge in [-0.2, -0.15) is 9.78 Å². The molecule has 1 atom stereocenters. The van der Waals surface area contributed by atoms with Gasteiger partial charge in [-0.25, -0.2) is 9.18 Å². The van der Waals surface area contributed by atoms with Crippen molar-refractivity contribution in [3.8, 4) is 5.69 Å². The molecule has 0 spiro atoms. The SMILES string of the molecule is CCOC(=O)C1CCCN(C(=O)c2nn(-c3cccc(F)c3)c(=O)n(Cc3cccc(C)c3)c2=O)C1. The Labute approximate surface area is 206 Å². The minimum absolute atomic E-state index is 0.0788. The molecule has 2 heterocycles. The molecule has 1 aromatic heterocycles. The number of hydrogen-bond acceptors (Lipinski definition) is 6. The number of halogens is 1. The van der Waals surface area contributed by atoms with Crippen molar-refractivity contribution in [1.29, 1.82) is 0 Å². The Kier molecular flexibility index (Phi) is 7.42. The minimum Gasteiger partial charge on any atom is -0.466 e. The second kappa shape index (κ2) is 10.7. The maximum Gasteiger partial charge on any atom is 0.352 e. The van der Waals surface area contributed by atoms with Crippen molar-refractivity contribution in [2.24, 2.45) is 5.92 Å². The first kappa shape index (κ1) is 25.0. The van der Waals surface area contributed by atoms with Crippen LogP contribution in [-0.2, 0) is 16.1 Å². The Balaban J connectivity index is 1.79. The smallest absolute Gasteiger partial charge is 0.352 e. The molecule has 0 bridgehead atoms. The summed E-state index contributed by atoms with van der Waals surface area (Å²) in [5.74, 6) is -2.20. The summed E-state index contributed by atoms with van der Waals surface area (Å²) in [4.78, 5) is 53.8. The highest BCUT2D eigenvalue weighted by atomic mass is 19.1. The van der Waals surface area contributed by atoms with Crippen LogP contribution in [0, 0.1) is 18.7 Å². The van der Waals surface area contributed by atoms with Gasteiger partial charge in [0.1, 0.15) is 5.82 Å². The standard InChI is InChI=1S/C26H27FN4O5/c1-3-36-25(34)19-9-6-12-29(16-19)23(32)22-24(33)30(15-18-8-4-7-17(2)13-18)26(35)31(28-22)21-11-5-10-20(27)14-21/h4-5,7-8,10-11,13-14,19H,3,6,9,12,15-16H2,1-2H3. The van der Waals surface area contributed by atoms with E-state index < -0.39 is 40.6 Å². The zero-order valence-corrected chi connectivity index (χ0v) is 20.1. The van der Waals surface area contributed by atoms with Crippen molar-refractivity contribution in [3.63, 3.8) is 0 Å². The molecule has 1 aliphatic heterocycles. The number of esters is 1. The van der Waals surface area contributed by atoms with Crippen LogP contribution in [0.1, 0.15) is 41.4 Å². The van der Waals surface area contributed by atoms with E-state index in [0.717, 1.165) is 20.9 Å². The van der Waals surface area contributed by atoms with E-state index in [1.807, 2.05) is 19.1 Å². The molecule has 1 aliphatic rings. The maximum absolute atomic E-state index is 14.0. The predicted molar refractivity (Wildman–Crippen MR) is 130 cm³/mol. The van der Waals surface area contributed by atoms with E-state index in [1.165, 1.54) is 23.1 Å². The van der Waals surface area contributed by atoms with E-state index >= 15 is 0 Å². The third-order valence-electron chi connectivity index (χ3n) is 6.07. The van der Waals surface area contributed by atoms with Gasteiger partial charge in [0.2, 0.25) is 5.69 Å². The molecule has 1 amide bonds. The molecule has 0 aliphatic carbocycles. The van der Waals surface area contributed by atoms with Crippen molar-refractivity contribution in [2.75, 3.05) is 19.7 Å². The van der Waals surface area contributed by atoms with E-state index in [-0.39, 0.29) is 25.4 Å². The first-order valence-corrected chi connectivity index (χ1v) is 11.8. The van der Waals surface area contributed by atoms with E-state index in [1.54, 1.807) is 19.1 Å². The first-order chi connectivity index (χ1) is 17.3. The summed E-state index contributed by atoms with van der Waals surface area (Å²) in [5.41, 5.74) is -0.421. The topological polar surface area (TPSA) is 104 Å². The lowest BCUT2D eigenvalue weighted by atomic mass is 9.98. The van der Waals surface area contributed by atoms with Crippen molar-refractivity contribution in [1.82, 2.24) is 19.2 Å². The second-order valence-electron chi connectivity index (χ2n) is 8.75. The predicted octanol–water partition coefficient (Wildman–Crippen LogP) is 2.31. The molecule has 0 saturated carbocycles. The summed E-state index contributed by atoms with van der Waals surface area (Å²) >= 11 is 0. The van der Waals surface area contributed by atoms with E-state index in [9.17, 15) is 23.6 Å². The maximum atomic E-state index is 14.0. The number of benzene rings is 2. The van der Waals surface area contributed by atoms with Crippen LogP contribution in [0.5, 0.6) is 0 Å². The summed E-state index contributed by atoms with van der Waals surface area (Å²) in [6.07, 6.45) is 1.12. The third-order valence-corrected chi connectivity index (χ3v) is 6.07. The molecule has 3 aromatic rings. The molecular weight excluding hydrogens is 467 g/mol. The van der Waals surface area contributed by atoms with Gasteiger partial charge in [0.05, 0.1) is 24.8 Å². The molecule has 36 heavy (non-hydrogen) atoms. The Morgan fingerprint density at radius 2 is 1.92 bits per heavy atom. The van der Waals surface area contributed by atoms with Crippen LogP contribution in [0.3, 0.4) is 0 Å². The molecule has 0 N–H and O–H groups in total. The van der Waals surface area contributed by atoms with Crippen LogP contribution >= 0.6 is 0 Å². The number of amides is 1. The largest absolute Gasteiger partial charge is 0.466 e. The van der Waals surface area contributed by atoms with Gasteiger partial charge in [0, 0.05) is 13.1 Å². The molecular formula is C26H27FN4O5. The Hall–Kier alpha value is -4.08. The average molecular weight is 495 g/mol. The van der Waals surface area contributed by atoms with E-state index in [0.29, 0.717) is 24.9 Å². The fraction of sp³-hybridized carbons (Fsp3) is 0.346. The normalized spacial score (nSPS) is 15.5. The minimum atomic E-state index is -0.850. The molecule has 1 unspecified atom stereocenters. The molecule has 9 nitrogen and oxygen atoms in total. The van der Waals surface area contributed by atoms with Gasteiger partial charge >= 0.3 is 11.7 Å². The number of ether oxygens (including phenoxy) is 1. The van der Waals surface area contributed by atoms with E-state index in [4.69, 9.17) is 4.74 Å². The van der Waals surface area contributed by atoms with E-state index in [2.05, 4.69) is 5.10 Å². The highest BCUT2D eigenvalue weighted by molar-refractivity contribution is 5.92. The number of aryl methyl sites for hydroxylation is 1. The van der Waals surface area contributed by atoms with Crippen LogP contribution in [-0.4, -0.2) is 50.8 Å². The average Bonchev–Trinajstić information content (AvgIpc) is 2.86. The highest BCUT2D eigenvalue weighted by Gasteiger charge is 2.32. The lowest BCUT2D eigenvalue weighted by Gasteiger charge is -2.31. The van der Waals surface area contributed by atoms with Gasteiger partial charge < -0.3 is 9.64 Å². The first-order valence-electron chi connectivity index (χ1n) is 11.8. The molecule has 2 aromatic carbocycles. The van der Waals surface area contributed by atoms with Crippen molar-refractivity contribution < 1.29 is 18.7 Å². The quantitative estimate of drug-likeness (QED) is 0.487. The summed E-state index contributed by atoms with van der Waals surface area (Å²) < 4.78 is 20.8. The number of piperidine rings is 1. The fourth-order valence-corrected chi connectivity index (χ4v) is 4.32. The lowest BCUT2D eigenvalue weighted by Crippen LogP contribution is -2.49. The molecule has 4 rings (SSSR count). The lowest BCUT2D eigenvalue weighted by molar-refractivity contribution is -0.149.